The molecule has 0 saturated carbocycles. The minimum Gasteiger partial charge on any atom is -0.326 e. The number of nitrogens with zero attached hydrogens (tertiary/aromatic N) is 1. The molecule has 2 aromatic heterocycles. The van der Waals surface area contributed by atoms with Crippen LogP contribution in [-0.2, 0) is 19.9 Å². The molecule has 2 heterocycles. The highest BCUT2D eigenvalue weighted by atomic mass is 16.1. The molecule has 0 amide bonds. The van der Waals surface area contributed by atoms with Gasteiger partial charge in [0.05, 0.1) is 0 Å². The van der Waals surface area contributed by atoms with Crippen molar-refractivity contribution in [1.29, 1.82) is 0 Å². The first-order valence-corrected chi connectivity index (χ1v) is 6.49. The first-order valence-electron chi connectivity index (χ1n) is 6.49. The molecule has 19 heavy (non-hydrogen) atoms. The summed E-state index contributed by atoms with van der Waals surface area (Å²) in [6.07, 6.45) is 5.28. The second-order valence-electron chi connectivity index (χ2n) is 4.70. The first kappa shape index (κ1) is 13.3. The summed E-state index contributed by atoms with van der Waals surface area (Å²) in [5.74, 6) is 0. The average Bonchev–Trinajstić information content (AvgIpc) is 2.39. The highest BCUT2D eigenvalue weighted by Crippen LogP contribution is 2.04. The van der Waals surface area contributed by atoms with Gasteiger partial charge < -0.3 is 9.55 Å². The van der Waals surface area contributed by atoms with Crippen LogP contribution in [0.25, 0.3) is 0 Å². The van der Waals surface area contributed by atoms with Crippen LogP contribution in [0.1, 0.15) is 24.1 Å². The van der Waals surface area contributed by atoms with Crippen LogP contribution in [0, 0.1) is 0 Å². The molecule has 0 saturated heterocycles. The maximum Gasteiger partial charge on any atom is 0.253 e. The van der Waals surface area contributed by atoms with Gasteiger partial charge in [0.25, 0.3) is 5.56 Å². The van der Waals surface area contributed by atoms with Gasteiger partial charge in [0.1, 0.15) is 0 Å². The summed E-state index contributed by atoms with van der Waals surface area (Å²) in [6, 6.07) is 8.97. The quantitative estimate of drug-likeness (QED) is 0.829. The number of aromatic amines is 1. The van der Waals surface area contributed by atoms with Crippen molar-refractivity contribution < 1.29 is 0 Å². The molecule has 0 unspecified atom stereocenters. The number of hydrogen-bond donors (Lipinski definition) is 1. The highest BCUT2D eigenvalue weighted by molar-refractivity contribution is 5.10. The Bertz CT molecular complexity index is 655. The average molecular weight is 258 g/mol. The van der Waals surface area contributed by atoms with Crippen molar-refractivity contribution in [1.82, 2.24) is 9.55 Å². The maximum atomic E-state index is 11.8. The maximum absolute atomic E-state index is 11.8. The number of nitrogens with one attached hydrogen (secondary N) is 1. The molecule has 4 nitrogen and oxygen atoms in total. The number of hydrogen-bond acceptors (Lipinski definition) is 2. The summed E-state index contributed by atoms with van der Waals surface area (Å²) in [6.45, 7) is 0. The van der Waals surface area contributed by atoms with Gasteiger partial charge in [0, 0.05) is 30.6 Å². The Labute approximate surface area is 111 Å². The van der Waals surface area contributed by atoms with Crippen LogP contribution in [-0.4, -0.2) is 9.55 Å². The second-order valence-corrected chi connectivity index (χ2v) is 4.70. The zero-order valence-corrected chi connectivity index (χ0v) is 11.1. The summed E-state index contributed by atoms with van der Waals surface area (Å²) in [5, 5.41) is 0. The van der Waals surface area contributed by atoms with Crippen LogP contribution in [0.2, 0.25) is 0 Å². The van der Waals surface area contributed by atoms with E-state index in [4.69, 9.17) is 0 Å². The SMILES string of the molecule is Cn1cccc(CCCCc2cccc(=O)[nH]2)c1=O. The van der Waals surface area contributed by atoms with Crippen molar-refractivity contribution in [3.8, 4) is 0 Å². The van der Waals surface area contributed by atoms with Crippen LogP contribution in [0.5, 0.6) is 0 Å². The number of H-pyrrole nitrogens is 1. The monoisotopic (exact) mass is 258 g/mol. The summed E-state index contributed by atoms with van der Waals surface area (Å²) < 4.78 is 1.60. The number of rotatable bonds is 5. The molecule has 0 aliphatic carbocycles. The van der Waals surface area contributed by atoms with E-state index in [1.54, 1.807) is 23.9 Å². The van der Waals surface area contributed by atoms with Crippen LogP contribution in [0.4, 0.5) is 0 Å². The van der Waals surface area contributed by atoms with Crippen LogP contribution >= 0.6 is 0 Å². The van der Waals surface area contributed by atoms with E-state index in [1.165, 1.54) is 6.07 Å². The minimum absolute atomic E-state index is 0.0607. The van der Waals surface area contributed by atoms with E-state index in [0.29, 0.717) is 0 Å². The number of pyridine rings is 2. The molecule has 0 spiro atoms. The van der Waals surface area contributed by atoms with E-state index in [0.717, 1.165) is 36.9 Å². The molecular weight excluding hydrogens is 240 g/mol. The smallest absolute Gasteiger partial charge is 0.253 e. The molecule has 0 aliphatic rings. The lowest BCUT2D eigenvalue weighted by Gasteiger charge is -2.03. The molecule has 2 aromatic rings. The van der Waals surface area contributed by atoms with Crippen molar-refractivity contribution >= 4 is 0 Å². The molecule has 100 valence electrons. The van der Waals surface area contributed by atoms with Gasteiger partial charge in [0.15, 0.2) is 0 Å². The summed E-state index contributed by atoms with van der Waals surface area (Å²) in [4.78, 5) is 25.7. The lowest BCUT2D eigenvalue weighted by atomic mass is 10.1. The highest BCUT2D eigenvalue weighted by Gasteiger charge is 2.01. The molecule has 0 aliphatic heterocycles. The zero-order valence-electron chi connectivity index (χ0n) is 11.1. The van der Waals surface area contributed by atoms with Gasteiger partial charge in [-0.15, -0.1) is 0 Å². The lowest BCUT2D eigenvalue weighted by molar-refractivity contribution is 0.708. The normalized spacial score (nSPS) is 10.6. The summed E-state index contributed by atoms with van der Waals surface area (Å²) >= 11 is 0. The molecule has 2 rings (SSSR count). The standard InChI is InChI=1S/C15H18N2O2/c1-17-11-5-7-12(15(17)19)6-2-3-8-13-9-4-10-14(18)16-13/h4-5,7,9-11H,2-3,6,8H2,1H3,(H,16,18). The molecule has 0 fully saturated rings. The zero-order chi connectivity index (χ0) is 13.7. The minimum atomic E-state index is -0.0607. The van der Waals surface area contributed by atoms with Crippen LogP contribution < -0.4 is 11.1 Å². The van der Waals surface area contributed by atoms with Crippen molar-refractivity contribution in [2.45, 2.75) is 25.7 Å². The molecular formula is C15H18N2O2. The molecule has 0 atom stereocenters. The second kappa shape index (κ2) is 6.18. The fourth-order valence-corrected chi connectivity index (χ4v) is 2.11. The first-order chi connectivity index (χ1) is 9.16. The Morgan fingerprint density at radius 1 is 1.05 bits per heavy atom. The predicted molar refractivity (Wildman–Crippen MR) is 75.4 cm³/mol. The van der Waals surface area contributed by atoms with Gasteiger partial charge in [-0.25, -0.2) is 0 Å². The van der Waals surface area contributed by atoms with Gasteiger partial charge in [0.2, 0.25) is 5.56 Å². The molecule has 0 bridgehead atoms. The predicted octanol–water partition coefficient (Wildman–Crippen LogP) is 1.64. The van der Waals surface area contributed by atoms with Crippen molar-refractivity contribution in [2.24, 2.45) is 7.05 Å². The third-order valence-electron chi connectivity index (χ3n) is 3.17. The Kier molecular flexibility index (Phi) is 4.34. The topological polar surface area (TPSA) is 54.9 Å². The van der Waals surface area contributed by atoms with Crippen LogP contribution in [0.3, 0.4) is 0 Å². The van der Waals surface area contributed by atoms with E-state index < -0.39 is 0 Å². The van der Waals surface area contributed by atoms with E-state index in [2.05, 4.69) is 4.98 Å². The van der Waals surface area contributed by atoms with Crippen molar-refractivity contribution in [2.75, 3.05) is 0 Å². The fourth-order valence-electron chi connectivity index (χ4n) is 2.11. The van der Waals surface area contributed by atoms with Gasteiger partial charge >= 0.3 is 0 Å². The van der Waals surface area contributed by atoms with Gasteiger partial charge in [-0.2, -0.15) is 0 Å². The van der Waals surface area contributed by atoms with E-state index in [1.807, 2.05) is 18.2 Å². The van der Waals surface area contributed by atoms with E-state index in [9.17, 15) is 9.59 Å². The Balaban J connectivity index is 1.86. The molecule has 0 radical (unpaired) electrons. The molecule has 0 aromatic carbocycles. The summed E-state index contributed by atoms with van der Waals surface area (Å²) in [5.41, 5.74) is 1.82. The Morgan fingerprint density at radius 2 is 1.84 bits per heavy atom. The van der Waals surface area contributed by atoms with E-state index in [-0.39, 0.29) is 11.1 Å². The fraction of sp³-hybridized carbons (Fsp3) is 0.333. The van der Waals surface area contributed by atoms with E-state index >= 15 is 0 Å². The van der Waals surface area contributed by atoms with Gasteiger partial charge in [-0.1, -0.05) is 12.1 Å². The largest absolute Gasteiger partial charge is 0.326 e. The lowest BCUT2D eigenvalue weighted by Crippen LogP contribution is -2.19. The number of aromatic nitrogens is 2. The molecule has 4 heteroatoms. The number of unbranched alkanes of at least 4 members (excludes halogenated alkanes) is 1. The van der Waals surface area contributed by atoms with Crippen molar-refractivity contribution in [3.63, 3.8) is 0 Å². The Hall–Kier alpha value is -2.10. The van der Waals surface area contributed by atoms with Crippen LogP contribution in [0.15, 0.2) is 46.1 Å². The number of aryl methyl sites for hydroxylation is 3. The van der Waals surface area contributed by atoms with Gasteiger partial charge in [-0.05, 0) is 37.8 Å². The third kappa shape index (κ3) is 3.68. The third-order valence-corrected chi connectivity index (χ3v) is 3.17. The Morgan fingerprint density at radius 3 is 2.63 bits per heavy atom. The van der Waals surface area contributed by atoms with Gasteiger partial charge in [-0.3, -0.25) is 9.59 Å². The molecule has 1 N–H and O–H groups in total. The summed E-state index contributed by atoms with van der Waals surface area (Å²) in [7, 11) is 1.76. The van der Waals surface area contributed by atoms with Crippen molar-refractivity contribution in [3.05, 3.63) is 68.5 Å².